The average molecular weight is 564 g/mol. The van der Waals surface area contributed by atoms with Crippen molar-refractivity contribution in [3.05, 3.63) is 34.9 Å². The molecule has 1 rings (SSSR count). The summed E-state index contributed by atoms with van der Waals surface area (Å²) in [4.78, 5) is 42.5. The third-order valence-electron chi connectivity index (χ3n) is 6.72. The lowest BCUT2D eigenvalue weighted by Crippen LogP contribution is -2.53. The number of carbonyl (C=O) groups excluding carboxylic acids is 3. The predicted octanol–water partition coefficient (Wildman–Crippen LogP) is 6.71. The monoisotopic (exact) mass is 563 g/mol. The molecule has 0 fully saturated rings. The van der Waals surface area contributed by atoms with Gasteiger partial charge in [-0.2, -0.15) is 11.8 Å². The van der Waals surface area contributed by atoms with E-state index < -0.39 is 23.8 Å². The maximum atomic E-state index is 14.3. The van der Waals surface area contributed by atoms with Crippen LogP contribution in [-0.2, 0) is 14.3 Å². The van der Waals surface area contributed by atoms with Crippen LogP contribution in [0, 0.1) is 13.8 Å². The third kappa shape index (κ3) is 12.7. The van der Waals surface area contributed by atoms with Crippen molar-refractivity contribution in [1.29, 1.82) is 0 Å². The Morgan fingerprint density at radius 3 is 2.28 bits per heavy atom. The van der Waals surface area contributed by atoms with Crippen LogP contribution in [0.15, 0.2) is 18.2 Å². The first kappa shape index (κ1) is 34.8. The normalized spacial score (nSPS) is 12.9. The van der Waals surface area contributed by atoms with Gasteiger partial charge >= 0.3 is 6.09 Å². The molecule has 7 nitrogen and oxygen atoms in total. The van der Waals surface area contributed by atoms with Crippen LogP contribution in [0.5, 0.6) is 0 Å². The van der Waals surface area contributed by atoms with Gasteiger partial charge in [0.2, 0.25) is 11.8 Å². The molecule has 0 bridgehead atoms. The zero-order valence-electron chi connectivity index (χ0n) is 25.7. The molecule has 0 radical (unpaired) electrons. The molecule has 0 aliphatic rings. The molecule has 1 aromatic rings. The predicted molar refractivity (Wildman–Crippen MR) is 163 cm³/mol. The Labute approximate surface area is 241 Å². The van der Waals surface area contributed by atoms with Crippen LogP contribution >= 0.6 is 11.8 Å². The fourth-order valence-corrected chi connectivity index (χ4v) is 4.87. The van der Waals surface area contributed by atoms with Crippen molar-refractivity contribution >= 4 is 29.7 Å². The number of carbonyl (C=O) groups is 3. The smallest absolute Gasteiger partial charge is 0.408 e. The minimum Gasteiger partial charge on any atom is -0.444 e. The highest BCUT2D eigenvalue weighted by Gasteiger charge is 2.36. The summed E-state index contributed by atoms with van der Waals surface area (Å²) in [6, 6.07) is 4.34. The molecule has 2 atom stereocenters. The summed E-state index contributed by atoms with van der Waals surface area (Å²) in [6.07, 6.45) is 8.75. The van der Waals surface area contributed by atoms with E-state index in [2.05, 4.69) is 24.5 Å². The number of hydrogen-bond donors (Lipinski definition) is 2. The van der Waals surface area contributed by atoms with Crippen LogP contribution in [0.2, 0.25) is 0 Å². The Bertz CT molecular complexity index is 900. The number of amides is 3. The topological polar surface area (TPSA) is 87.7 Å². The Morgan fingerprint density at radius 2 is 1.67 bits per heavy atom. The van der Waals surface area contributed by atoms with Crippen molar-refractivity contribution in [2.24, 2.45) is 0 Å². The number of thioether (sulfide) groups is 1. The maximum absolute atomic E-state index is 14.3. The molecule has 0 spiro atoms. The summed E-state index contributed by atoms with van der Waals surface area (Å²) in [7, 11) is 0. The second kappa shape index (κ2) is 18.2. The van der Waals surface area contributed by atoms with Gasteiger partial charge in [0.1, 0.15) is 17.7 Å². The number of ether oxygens (including phenoxy) is 1. The summed E-state index contributed by atoms with van der Waals surface area (Å²) >= 11 is 1.61. The second-order valence-electron chi connectivity index (χ2n) is 11.3. The van der Waals surface area contributed by atoms with Crippen molar-refractivity contribution in [1.82, 2.24) is 15.5 Å². The van der Waals surface area contributed by atoms with Crippen molar-refractivity contribution in [2.45, 2.75) is 118 Å². The fraction of sp³-hybridized carbons (Fsp3) is 0.710. The SMILES string of the molecule is CCCCCCCN(C(=O)C(CCSC)NC(=O)OC(C)(C)C)C(C(=O)NCCCC)c1cccc(C)c1C. The van der Waals surface area contributed by atoms with Gasteiger partial charge in [0.15, 0.2) is 0 Å². The standard InChI is InChI=1S/C31H53N3O4S/c1-9-11-13-14-15-21-34(29(36)26(19-22-39-8)33-30(37)38-31(5,6)7)27(28(35)32-20-12-10-2)25-18-16-17-23(3)24(25)4/h16-18,26-27H,9-15,19-22H2,1-8H3,(H,32,35)(H,33,37). The summed E-state index contributed by atoms with van der Waals surface area (Å²) < 4.78 is 5.49. The van der Waals surface area contributed by atoms with Crippen molar-refractivity contribution in [3.8, 4) is 0 Å². The Hall–Kier alpha value is -2.22. The van der Waals surface area contributed by atoms with Crippen LogP contribution in [0.4, 0.5) is 4.79 Å². The number of nitrogens with zero attached hydrogens (tertiary/aromatic N) is 1. The van der Waals surface area contributed by atoms with Crippen LogP contribution in [0.1, 0.15) is 109 Å². The molecule has 0 aliphatic carbocycles. The molecule has 39 heavy (non-hydrogen) atoms. The first-order chi connectivity index (χ1) is 18.5. The minimum atomic E-state index is -0.793. The van der Waals surface area contributed by atoms with E-state index in [1.807, 2.05) is 38.3 Å². The third-order valence-corrected chi connectivity index (χ3v) is 7.36. The van der Waals surface area contributed by atoms with Crippen molar-refractivity contribution in [2.75, 3.05) is 25.1 Å². The largest absolute Gasteiger partial charge is 0.444 e. The van der Waals surface area contributed by atoms with Gasteiger partial charge in [-0.05, 0) is 82.6 Å². The van der Waals surface area contributed by atoms with Crippen LogP contribution in [-0.4, -0.2) is 59.5 Å². The number of benzene rings is 1. The Balaban J connectivity index is 3.49. The highest BCUT2D eigenvalue weighted by Crippen LogP contribution is 2.28. The van der Waals surface area contributed by atoms with Gasteiger partial charge in [0.25, 0.3) is 0 Å². The average Bonchev–Trinajstić information content (AvgIpc) is 2.86. The van der Waals surface area contributed by atoms with Gasteiger partial charge in [-0.3, -0.25) is 9.59 Å². The van der Waals surface area contributed by atoms with Crippen LogP contribution in [0.3, 0.4) is 0 Å². The van der Waals surface area contributed by atoms with E-state index in [1.54, 1.807) is 37.4 Å². The van der Waals surface area contributed by atoms with E-state index in [0.29, 0.717) is 25.3 Å². The molecule has 3 amide bonds. The number of alkyl carbamates (subject to hydrolysis) is 1. The zero-order chi connectivity index (χ0) is 29.4. The molecular weight excluding hydrogens is 510 g/mol. The lowest BCUT2D eigenvalue weighted by Gasteiger charge is -2.35. The molecule has 2 unspecified atom stereocenters. The maximum Gasteiger partial charge on any atom is 0.408 e. The van der Waals surface area contributed by atoms with Gasteiger partial charge in [-0.1, -0.05) is 64.2 Å². The highest BCUT2D eigenvalue weighted by molar-refractivity contribution is 7.98. The van der Waals surface area contributed by atoms with Crippen LogP contribution in [0.25, 0.3) is 0 Å². The first-order valence-corrected chi connectivity index (χ1v) is 16.0. The summed E-state index contributed by atoms with van der Waals surface area (Å²) in [6.45, 7) is 14.7. The zero-order valence-corrected chi connectivity index (χ0v) is 26.5. The van der Waals surface area contributed by atoms with Gasteiger partial charge in [-0.15, -0.1) is 0 Å². The molecule has 0 heterocycles. The van der Waals surface area contributed by atoms with Crippen LogP contribution < -0.4 is 10.6 Å². The molecule has 222 valence electrons. The van der Waals surface area contributed by atoms with Crippen molar-refractivity contribution < 1.29 is 19.1 Å². The van der Waals surface area contributed by atoms with E-state index in [1.165, 1.54) is 0 Å². The molecule has 0 saturated heterocycles. The second-order valence-corrected chi connectivity index (χ2v) is 12.2. The summed E-state index contributed by atoms with van der Waals surface area (Å²) in [5.74, 6) is 0.259. The molecule has 0 aliphatic heterocycles. The highest BCUT2D eigenvalue weighted by atomic mass is 32.2. The summed E-state index contributed by atoms with van der Waals surface area (Å²) in [5.41, 5.74) is 2.21. The number of aryl methyl sites for hydroxylation is 1. The van der Waals surface area contributed by atoms with E-state index in [9.17, 15) is 14.4 Å². The molecule has 2 N–H and O–H groups in total. The molecular formula is C31H53N3O4S. The van der Waals surface area contributed by atoms with Gasteiger partial charge in [0.05, 0.1) is 0 Å². The Morgan fingerprint density at radius 1 is 1.00 bits per heavy atom. The lowest BCUT2D eigenvalue weighted by atomic mass is 9.94. The minimum absolute atomic E-state index is 0.181. The molecule has 0 aromatic heterocycles. The number of unbranched alkanes of at least 4 members (excludes halogenated alkanes) is 5. The van der Waals surface area contributed by atoms with E-state index in [0.717, 1.165) is 61.6 Å². The van der Waals surface area contributed by atoms with E-state index >= 15 is 0 Å². The van der Waals surface area contributed by atoms with E-state index in [4.69, 9.17) is 4.74 Å². The number of hydrogen-bond acceptors (Lipinski definition) is 5. The fourth-order valence-electron chi connectivity index (χ4n) is 4.40. The molecule has 0 saturated carbocycles. The van der Waals surface area contributed by atoms with Crippen molar-refractivity contribution in [3.63, 3.8) is 0 Å². The van der Waals surface area contributed by atoms with Gasteiger partial charge in [-0.25, -0.2) is 4.79 Å². The van der Waals surface area contributed by atoms with Gasteiger partial charge < -0.3 is 20.3 Å². The van der Waals surface area contributed by atoms with Gasteiger partial charge in [0, 0.05) is 13.1 Å². The Kier molecular flexibility index (Phi) is 16.2. The molecule has 8 heteroatoms. The summed E-state index contributed by atoms with van der Waals surface area (Å²) in [5, 5.41) is 5.91. The van der Waals surface area contributed by atoms with E-state index in [-0.39, 0.29) is 11.8 Å². The number of nitrogens with one attached hydrogen (secondary N) is 2. The first-order valence-electron chi connectivity index (χ1n) is 14.6. The quantitative estimate of drug-likeness (QED) is 0.206. The number of rotatable bonds is 17. The lowest BCUT2D eigenvalue weighted by molar-refractivity contribution is -0.142. The molecule has 1 aromatic carbocycles.